The highest BCUT2D eigenvalue weighted by molar-refractivity contribution is 5.59. The number of nitrogens with zero attached hydrogens (tertiary/aromatic N) is 6. The van der Waals surface area contributed by atoms with E-state index >= 15 is 0 Å². The zero-order valence-corrected chi connectivity index (χ0v) is 14.9. The second-order valence-corrected chi connectivity index (χ2v) is 5.82. The molecule has 8 nitrogen and oxygen atoms in total. The summed E-state index contributed by atoms with van der Waals surface area (Å²) in [6, 6.07) is 10.2. The molecule has 3 heterocycles. The van der Waals surface area contributed by atoms with Gasteiger partial charge in [-0.1, -0.05) is 12.1 Å². The normalized spacial score (nSPS) is 10.3. The maximum absolute atomic E-state index is 8.36. The summed E-state index contributed by atoms with van der Waals surface area (Å²) in [7, 11) is 1.94. The van der Waals surface area contributed by atoms with Crippen LogP contribution in [0.25, 0.3) is 17.1 Å². The van der Waals surface area contributed by atoms with Gasteiger partial charge < -0.3 is 9.67 Å². The molecule has 0 atom stereocenters. The van der Waals surface area contributed by atoms with Crippen molar-refractivity contribution in [2.24, 2.45) is 7.05 Å². The van der Waals surface area contributed by atoms with Crippen molar-refractivity contribution in [3.8, 4) is 17.1 Å². The van der Waals surface area contributed by atoms with E-state index in [1.54, 1.807) is 6.20 Å². The maximum Gasteiger partial charge on any atom is 0.290 e. The molecule has 0 saturated heterocycles. The van der Waals surface area contributed by atoms with Gasteiger partial charge >= 0.3 is 0 Å². The first-order valence-electron chi connectivity index (χ1n) is 8.38. The summed E-state index contributed by atoms with van der Waals surface area (Å²) in [6.07, 6.45) is 12.5. The van der Waals surface area contributed by atoms with Crippen LogP contribution in [0.15, 0.2) is 67.5 Å². The Morgan fingerprint density at radius 1 is 1.15 bits per heavy atom. The molecule has 0 bridgehead atoms. The van der Waals surface area contributed by atoms with E-state index in [1.165, 1.54) is 5.56 Å². The fourth-order valence-electron chi connectivity index (χ4n) is 2.81. The molecule has 0 radical (unpaired) electrons. The topological polar surface area (TPSA) is 90.8 Å². The van der Waals surface area contributed by atoms with Gasteiger partial charge in [0.1, 0.15) is 5.82 Å². The number of hydrogen-bond donors (Lipinski definition) is 1. The van der Waals surface area contributed by atoms with Crippen LogP contribution in [0.5, 0.6) is 0 Å². The summed E-state index contributed by atoms with van der Waals surface area (Å²) < 4.78 is 5.86. The van der Waals surface area contributed by atoms with Gasteiger partial charge in [-0.2, -0.15) is 10.2 Å². The van der Waals surface area contributed by atoms with Gasteiger partial charge in [-0.25, -0.2) is 9.67 Å². The Balaban J connectivity index is 0.000000659. The molecule has 138 valence electrons. The lowest BCUT2D eigenvalue weighted by Gasteiger charge is -2.09. The number of benzene rings is 1. The summed E-state index contributed by atoms with van der Waals surface area (Å²) in [5.74, 6) is 0.966. The first-order chi connectivity index (χ1) is 13.2. The SMILES string of the molecule is Cn1cc(CCn2ccnc2-c2cccc(-n3cccn3)c2)cn1.O=CO. The van der Waals surface area contributed by atoms with Crippen molar-refractivity contribution in [3.05, 3.63) is 73.1 Å². The van der Waals surface area contributed by atoms with E-state index in [0.29, 0.717) is 0 Å². The smallest absolute Gasteiger partial charge is 0.290 e. The van der Waals surface area contributed by atoms with Gasteiger partial charge in [-0.3, -0.25) is 9.48 Å². The Morgan fingerprint density at radius 2 is 2.00 bits per heavy atom. The number of carbonyl (C=O) groups is 1. The quantitative estimate of drug-likeness (QED) is 0.549. The lowest BCUT2D eigenvalue weighted by Crippen LogP contribution is -2.03. The molecule has 3 aromatic heterocycles. The van der Waals surface area contributed by atoms with Crippen LogP contribution in [-0.4, -0.2) is 40.7 Å². The third kappa shape index (κ3) is 4.49. The van der Waals surface area contributed by atoms with Gasteiger partial charge in [0.05, 0.1) is 11.9 Å². The van der Waals surface area contributed by atoms with E-state index in [4.69, 9.17) is 9.90 Å². The summed E-state index contributed by atoms with van der Waals surface area (Å²) in [5, 5.41) is 15.4. The van der Waals surface area contributed by atoms with Gasteiger partial charge in [-0.15, -0.1) is 0 Å². The van der Waals surface area contributed by atoms with Gasteiger partial charge in [0.15, 0.2) is 0 Å². The Hall–Kier alpha value is -3.68. The average molecular weight is 364 g/mol. The fraction of sp³-hybridized carbons (Fsp3) is 0.158. The van der Waals surface area contributed by atoms with Gasteiger partial charge in [0.2, 0.25) is 0 Å². The predicted molar refractivity (Wildman–Crippen MR) is 100 cm³/mol. The summed E-state index contributed by atoms with van der Waals surface area (Å²) in [6.45, 7) is 0.618. The molecule has 1 aromatic carbocycles. The molecular formula is C19H20N6O2. The molecule has 0 fully saturated rings. The van der Waals surface area contributed by atoms with Gasteiger partial charge in [0, 0.05) is 50.1 Å². The maximum atomic E-state index is 8.36. The van der Waals surface area contributed by atoms with E-state index in [-0.39, 0.29) is 6.47 Å². The minimum atomic E-state index is -0.250. The minimum absolute atomic E-state index is 0.250. The molecule has 0 aliphatic carbocycles. The summed E-state index contributed by atoms with van der Waals surface area (Å²) in [5.41, 5.74) is 3.33. The van der Waals surface area contributed by atoms with E-state index < -0.39 is 0 Å². The van der Waals surface area contributed by atoms with Crippen LogP contribution < -0.4 is 0 Å². The van der Waals surface area contributed by atoms with Crippen molar-refractivity contribution in [2.75, 3.05) is 0 Å². The van der Waals surface area contributed by atoms with Crippen molar-refractivity contribution >= 4 is 6.47 Å². The predicted octanol–water partition coefficient (Wildman–Crippen LogP) is 2.41. The Labute approximate surface area is 156 Å². The largest absolute Gasteiger partial charge is 0.483 e. The van der Waals surface area contributed by atoms with E-state index in [1.807, 2.05) is 59.4 Å². The molecule has 0 spiro atoms. The highest BCUT2D eigenvalue weighted by Gasteiger charge is 2.08. The van der Waals surface area contributed by atoms with Crippen molar-refractivity contribution in [3.63, 3.8) is 0 Å². The molecule has 8 heteroatoms. The third-order valence-corrected chi connectivity index (χ3v) is 3.99. The van der Waals surface area contributed by atoms with Crippen LogP contribution in [0.3, 0.4) is 0 Å². The highest BCUT2D eigenvalue weighted by atomic mass is 16.3. The molecule has 4 rings (SSSR count). The molecule has 0 saturated carbocycles. The molecule has 0 aliphatic rings. The number of hydrogen-bond acceptors (Lipinski definition) is 4. The molecule has 0 unspecified atom stereocenters. The van der Waals surface area contributed by atoms with E-state index in [2.05, 4.69) is 38.1 Å². The fourth-order valence-corrected chi connectivity index (χ4v) is 2.81. The summed E-state index contributed by atoms with van der Waals surface area (Å²) in [4.78, 5) is 12.9. The van der Waals surface area contributed by atoms with Crippen molar-refractivity contribution in [2.45, 2.75) is 13.0 Å². The number of rotatable bonds is 5. The zero-order chi connectivity index (χ0) is 19.1. The molecule has 27 heavy (non-hydrogen) atoms. The lowest BCUT2D eigenvalue weighted by molar-refractivity contribution is -0.122. The molecule has 0 aliphatic heterocycles. The minimum Gasteiger partial charge on any atom is -0.483 e. The van der Waals surface area contributed by atoms with Crippen molar-refractivity contribution in [1.29, 1.82) is 0 Å². The van der Waals surface area contributed by atoms with Crippen LogP contribution in [0.2, 0.25) is 0 Å². The monoisotopic (exact) mass is 364 g/mol. The van der Waals surface area contributed by atoms with E-state index in [0.717, 1.165) is 30.0 Å². The number of carboxylic acid groups (broad SMARTS) is 1. The van der Waals surface area contributed by atoms with Gasteiger partial charge in [0.25, 0.3) is 6.47 Å². The van der Waals surface area contributed by atoms with E-state index in [9.17, 15) is 0 Å². The Kier molecular flexibility index (Phi) is 5.78. The first kappa shape index (κ1) is 18.1. The number of aromatic nitrogens is 6. The Bertz CT molecular complexity index is 987. The standard InChI is InChI=1S/C18H18N6.CH2O2/c1-22-14-15(13-21-22)6-10-23-11-8-19-18(23)16-4-2-5-17(12-16)24-9-3-7-20-24;2-1-3/h2-5,7-9,11-14H,6,10H2,1H3;1H,(H,2,3). The molecule has 0 amide bonds. The van der Waals surface area contributed by atoms with Crippen molar-refractivity contribution in [1.82, 2.24) is 29.1 Å². The van der Waals surface area contributed by atoms with Crippen LogP contribution >= 0.6 is 0 Å². The average Bonchev–Trinajstić information content (AvgIpc) is 3.43. The van der Waals surface area contributed by atoms with Crippen LogP contribution in [0.4, 0.5) is 0 Å². The Morgan fingerprint density at radius 3 is 2.70 bits per heavy atom. The van der Waals surface area contributed by atoms with Crippen LogP contribution in [-0.2, 0) is 24.8 Å². The molecular weight excluding hydrogens is 344 g/mol. The van der Waals surface area contributed by atoms with Crippen LogP contribution in [0, 0.1) is 0 Å². The van der Waals surface area contributed by atoms with Crippen molar-refractivity contribution < 1.29 is 9.90 Å². The first-order valence-corrected chi connectivity index (χ1v) is 8.38. The summed E-state index contributed by atoms with van der Waals surface area (Å²) >= 11 is 0. The number of imidazole rings is 1. The third-order valence-electron chi connectivity index (χ3n) is 3.99. The molecule has 4 aromatic rings. The molecule has 1 N–H and O–H groups in total. The second kappa shape index (κ2) is 8.61. The second-order valence-electron chi connectivity index (χ2n) is 5.82. The highest BCUT2D eigenvalue weighted by Crippen LogP contribution is 2.21. The van der Waals surface area contributed by atoms with Gasteiger partial charge in [-0.05, 0) is 30.2 Å². The lowest BCUT2D eigenvalue weighted by atomic mass is 10.2. The zero-order valence-electron chi connectivity index (χ0n) is 14.9. The van der Waals surface area contributed by atoms with Crippen LogP contribution in [0.1, 0.15) is 5.56 Å². The number of aryl methyl sites for hydroxylation is 3.